The molecule has 3 fully saturated rings. The summed E-state index contributed by atoms with van der Waals surface area (Å²) in [4.78, 5) is 2.61. The summed E-state index contributed by atoms with van der Waals surface area (Å²) in [5.41, 5.74) is 0. The van der Waals surface area contributed by atoms with Crippen LogP contribution in [0.1, 0.15) is 32.1 Å². The summed E-state index contributed by atoms with van der Waals surface area (Å²) in [5, 5.41) is 3.77. The molecular weight excluding hydrogens is 200 g/mol. The molecule has 0 aromatic heterocycles. The fourth-order valence-corrected chi connectivity index (χ4v) is 3.47. The van der Waals surface area contributed by atoms with Gasteiger partial charge in [0.15, 0.2) is 0 Å². The van der Waals surface area contributed by atoms with Crippen LogP contribution in [0.15, 0.2) is 0 Å². The molecule has 3 aliphatic heterocycles. The van der Waals surface area contributed by atoms with E-state index in [-0.39, 0.29) is 0 Å². The van der Waals surface area contributed by atoms with Crippen LogP contribution in [-0.2, 0) is 4.74 Å². The highest BCUT2D eigenvalue weighted by Gasteiger charge is 2.34. The maximum atomic E-state index is 5.78. The third-order valence-electron chi connectivity index (χ3n) is 4.52. The zero-order valence-electron chi connectivity index (χ0n) is 10.2. The standard InChI is InChI=1S/C13H24N2O/c1-2-8-16-12(3-1)9-14-13-5-7-15-6-4-11(13)10-15/h11-14H,1-10H2. The molecule has 3 rings (SSSR count). The summed E-state index contributed by atoms with van der Waals surface area (Å²) in [6, 6.07) is 0.768. The molecule has 3 heteroatoms. The summed E-state index contributed by atoms with van der Waals surface area (Å²) in [6.45, 7) is 6.04. The average Bonchev–Trinajstić information content (AvgIpc) is 2.72. The third-order valence-corrected chi connectivity index (χ3v) is 4.52. The molecule has 16 heavy (non-hydrogen) atoms. The highest BCUT2D eigenvalue weighted by atomic mass is 16.5. The lowest BCUT2D eigenvalue weighted by molar-refractivity contribution is 0.0132. The molecule has 1 N–H and O–H groups in total. The van der Waals surface area contributed by atoms with Crippen molar-refractivity contribution in [2.24, 2.45) is 5.92 Å². The third kappa shape index (κ3) is 2.41. The van der Waals surface area contributed by atoms with Crippen molar-refractivity contribution < 1.29 is 4.74 Å². The van der Waals surface area contributed by atoms with Crippen LogP contribution >= 0.6 is 0 Å². The minimum Gasteiger partial charge on any atom is -0.377 e. The Bertz CT molecular complexity index is 228. The van der Waals surface area contributed by atoms with Gasteiger partial charge in [0.25, 0.3) is 0 Å². The van der Waals surface area contributed by atoms with Crippen LogP contribution in [-0.4, -0.2) is 49.8 Å². The Hall–Kier alpha value is -0.120. The fraction of sp³-hybridized carbons (Fsp3) is 1.00. The van der Waals surface area contributed by atoms with Crippen LogP contribution < -0.4 is 5.32 Å². The Morgan fingerprint density at radius 2 is 2.06 bits per heavy atom. The number of hydrogen-bond donors (Lipinski definition) is 1. The molecule has 0 aliphatic carbocycles. The molecule has 4 unspecified atom stereocenters. The van der Waals surface area contributed by atoms with Gasteiger partial charge in [0.1, 0.15) is 0 Å². The van der Waals surface area contributed by atoms with Gasteiger partial charge in [-0.3, -0.25) is 0 Å². The number of piperidine rings is 1. The van der Waals surface area contributed by atoms with E-state index < -0.39 is 0 Å². The van der Waals surface area contributed by atoms with E-state index in [0.717, 1.165) is 25.1 Å². The van der Waals surface area contributed by atoms with Crippen molar-refractivity contribution in [2.45, 2.75) is 44.2 Å². The number of nitrogens with zero attached hydrogens (tertiary/aromatic N) is 1. The second kappa shape index (κ2) is 5.03. The summed E-state index contributed by atoms with van der Waals surface area (Å²) < 4.78 is 5.78. The van der Waals surface area contributed by atoms with E-state index in [0.29, 0.717) is 6.10 Å². The molecule has 92 valence electrons. The molecule has 0 spiro atoms. The lowest BCUT2D eigenvalue weighted by Gasteiger charge is -2.33. The van der Waals surface area contributed by atoms with Crippen molar-refractivity contribution in [3.63, 3.8) is 0 Å². The minimum absolute atomic E-state index is 0.494. The molecule has 0 aromatic rings. The highest BCUT2D eigenvalue weighted by Crippen LogP contribution is 2.27. The highest BCUT2D eigenvalue weighted by molar-refractivity contribution is 4.91. The molecule has 4 atom stereocenters. The zero-order valence-corrected chi connectivity index (χ0v) is 10.2. The smallest absolute Gasteiger partial charge is 0.0699 e. The van der Waals surface area contributed by atoms with Gasteiger partial charge in [-0.15, -0.1) is 0 Å². The predicted molar refractivity (Wildman–Crippen MR) is 64.5 cm³/mol. The van der Waals surface area contributed by atoms with Crippen LogP contribution in [0.3, 0.4) is 0 Å². The van der Waals surface area contributed by atoms with Crippen LogP contribution in [0.5, 0.6) is 0 Å². The van der Waals surface area contributed by atoms with E-state index in [1.165, 1.54) is 51.7 Å². The minimum atomic E-state index is 0.494. The van der Waals surface area contributed by atoms with Gasteiger partial charge >= 0.3 is 0 Å². The summed E-state index contributed by atoms with van der Waals surface area (Å²) in [7, 11) is 0. The Morgan fingerprint density at radius 3 is 2.94 bits per heavy atom. The van der Waals surface area contributed by atoms with Gasteiger partial charge in [-0.05, 0) is 51.1 Å². The number of nitrogens with one attached hydrogen (secondary N) is 1. The zero-order chi connectivity index (χ0) is 10.8. The Morgan fingerprint density at radius 1 is 1.12 bits per heavy atom. The van der Waals surface area contributed by atoms with E-state index in [4.69, 9.17) is 4.74 Å². The maximum absolute atomic E-state index is 5.78. The number of hydrogen-bond acceptors (Lipinski definition) is 3. The molecule has 0 amide bonds. The van der Waals surface area contributed by atoms with E-state index >= 15 is 0 Å². The summed E-state index contributed by atoms with van der Waals surface area (Å²) in [6.07, 6.45) is 7.12. The molecule has 3 heterocycles. The molecule has 3 saturated heterocycles. The fourth-order valence-electron chi connectivity index (χ4n) is 3.47. The van der Waals surface area contributed by atoms with Crippen LogP contribution in [0.2, 0.25) is 0 Å². The Kier molecular flexibility index (Phi) is 3.46. The Balaban J connectivity index is 1.43. The van der Waals surface area contributed by atoms with Gasteiger partial charge in [0.2, 0.25) is 0 Å². The normalized spacial score (nSPS) is 43.5. The first-order valence-corrected chi connectivity index (χ1v) is 6.99. The van der Waals surface area contributed by atoms with Gasteiger partial charge in [0, 0.05) is 25.7 Å². The quantitative estimate of drug-likeness (QED) is 0.780. The van der Waals surface area contributed by atoms with Crippen molar-refractivity contribution in [1.29, 1.82) is 0 Å². The van der Waals surface area contributed by atoms with Crippen molar-refractivity contribution in [1.82, 2.24) is 10.2 Å². The van der Waals surface area contributed by atoms with Gasteiger partial charge < -0.3 is 15.0 Å². The second-order valence-corrected chi connectivity index (χ2v) is 5.64. The second-order valence-electron chi connectivity index (χ2n) is 5.64. The van der Waals surface area contributed by atoms with Crippen molar-refractivity contribution in [2.75, 3.05) is 32.8 Å². The van der Waals surface area contributed by atoms with Crippen molar-refractivity contribution in [3.8, 4) is 0 Å². The lowest BCUT2D eigenvalue weighted by Crippen LogP contribution is -2.46. The first-order valence-electron chi connectivity index (χ1n) is 6.99. The lowest BCUT2D eigenvalue weighted by atomic mass is 9.94. The topological polar surface area (TPSA) is 24.5 Å². The first-order chi connectivity index (χ1) is 7.92. The van der Waals surface area contributed by atoms with Crippen LogP contribution in [0.4, 0.5) is 0 Å². The summed E-state index contributed by atoms with van der Waals surface area (Å²) in [5.74, 6) is 0.914. The van der Waals surface area contributed by atoms with Crippen molar-refractivity contribution in [3.05, 3.63) is 0 Å². The molecule has 0 aromatic carbocycles. The van der Waals surface area contributed by atoms with Crippen LogP contribution in [0.25, 0.3) is 0 Å². The predicted octanol–water partition coefficient (Wildman–Crippen LogP) is 1.24. The van der Waals surface area contributed by atoms with Crippen LogP contribution in [0, 0.1) is 5.92 Å². The molecular formula is C13H24N2O. The molecule has 2 bridgehead atoms. The Labute approximate surface area is 98.5 Å². The van der Waals surface area contributed by atoms with E-state index in [1.807, 2.05) is 0 Å². The molecule has 0 radical (unpaired) electrons. The van der Waals surface area contributed by atoms with E-state index in [9.17, 15) is 0 Å². The molecule has 0 saturated carbocycles. The summed E-state index contributed by atoms with van der Waals surface area (Å²) >= 11 is 0. The number of rotatable bonds is 3. The van der Waals surface area contributed by atoms with E-state index in [2.05, 4.69) is 10.2 Å². The SMILES string of the molecule is C1CCC(CNC2CCN3CCC2C3)OC1. The van der Waals surface area contributed by atoms with Gasteiger partial charge in [-0.25, -0.2) is 0 Å². The average molecular weight is 224 g/mol. The maximum Gasteiger partial charge on any atom is 0.0699 e. The first kappa shape index (κ1) is 11.0. The van der Waals surface area contributed by atoms with Gasteiger partial charge in [-0.1, -0.05) is 0 Å². The molecule has 3 nitrogen and oxygen atoms in total. The molecule has 3 aliphatic rings. The largest absolute Gasteiger partial charge is 0.377 e. The monoisotopic (exact) mass is 224 g/mol. The van der Waals surface area contributed by atoms with E-state index in [1.54, 1.807) is 0 Å². The number of ether oxygens (including phenoxy) is 1. The van der Waals surface area contributed by atoms with Gasteiger partial charge in [-0.2, -0.15) is 0 Å². The van der Waals surface area contributed by atoms with Crippen molar-refractivity contribution >= 4 is 0 Å². The number of fused-ring (bicyclic) bond motifs is 2. The van der Waals surface area contributed by atoms with Gasteiger partial charge in [0.05, 0.1) is 6.10 Å².